The monoisotopic (exact) mass is 277 g/mol. The van der Waals surface area contributed by atoms with Crippen LogP contribution in [0.4, 0.5) is 5.82 Å². The Morgan fingerprint density at radius 2 is 1.80 bits per heavy atom. The maximum atomic E-state index is 6.06. The second kappa shape index (κ2) is 5.00. The molecular weight excluding hydrogens is 253 g/mol. The first-order chi connectivity index (χ1) is 9.18. The molecule has 2 rings (SSSR count). The Kier molecular flexibility index (Phi) is 3.82. The Balaban J connectivity index is 2.28. The highest BCUT2D eigenvalue weighted by Crippen LogP contribution is 2.36. The van der Waals surface area contributed by atoms with E-state index < -0.39 is 7.12 Å². The molecule has 1 aromatic rings. The van der Waals surface area contributed by atoms with Gasteiger partial charge in [-0.1, -0.05) is 13.8 Å². The van der Waals surface area contributed by atoms with Crippen molar-refractivity contribution >= 4 is 18.4 Å². The van der Waals surface area contributed by atoms with Crippen molar-refractivity contribution in [1.82, 2.24) is 9.97 Å². The van der Waals surface area contributed by atoms with E-state index in [1.165, 1.54) is 0 Å². The molecule has 1 saturated heterocycles. The molecule has 1 unspecified atom stereocenters. The standard InChI is InChI=1S/C14H24BN3O2/c1-7-9(2)12-17-8-10(11(16)18-12)15-19-13(3,4)14(5,6)20-15/h8-9H,7H2,1-6H3,(H2,16,17,18). The maximum Gasteiger partial charge on any atom is 0.500 e. The van der Waals surface area contributed by atoms with Crippen LogP contribution in [0.2, 0.25) is 0 Å². The van der Waals surface area contributed by atoms with Gasteiger partial charge < -0.3 is 15.0 Å². The molecule has 1 aliphatic heterocycles. The van der Waals surface area contributed by atoms with Gasteiger partial charge in [0.2, 0.25) is 0 Å². The molecular formula is C14H24BN3O2. The lowest BCUT2D eigenvalue weighted by atomic mass is 9.80. The van der Waals surface area contributed by atoms with Crippen molar-refractivity contribution < 1.29 is 9.31 Å². The quantitative estimate of drug-likeness (QED) is 0.854. The smallest absolute Gasteiger partial charge is 0.399 e. The molecule has 1 aliphatic rings. The normalized spacial score (nSPS) is 22.0. The van der Waals surface area contributed by atoms with Crippen LogP contribution < -0.4 is 11.2 Å². The minimum atomic E-state index is -0.508. The number of rotatable bonds is 3. The van der Waals surface area contributed by atoms with Gasteiger partial charge in [-0.15, -0.1) is 0 Å². The van der Waals surface area contributed by atoms with E-state index in [-0.39, 0.29) is 11.2 Å². The maximum absolute atomic E-state index is 6.06. The number of hydrogen-bond donors (Lipinski definition) is 1. The van der Waals surface area contributed by atoms with E-state index in [1.807, 2.05) is 27.7 Å². The average molecular weight is 277 g/mol. The second-order valence-corrected chi connectivity index (χ2v) is 6.47. The first-order valence-corrected chi connectivity index (χ1v) is 7.16. The van der Waals surface area contributed by atoms with E-state index in [9.17, 15) is 0 Å². The highest BCUT2D eigenvalue weighted by Gasteiger charge is 2.52. The summed E-state index contributed by atoms with van der Waals surface area (Å²) in [5.74, 6) is 1.50. The summed E-state index contributed by atoms with van der Waals surface area (Å²) in [4.78, 5) is 8.79. The van der Waals surface area contributed by atoms with Gasteiger partial charge in [-0.25, -0.2) is 9.97 Å². The summed E-state index contributed by atoms with van der Waals surface area (Å²) in [6.07, 6.45) is 2.71. The molecule has 2 N–H and O–H groups in total. The summed E-state index contributed by atoms with van der Waals surface area (Å²) in [5, 5.41) is 0. The highest BCUT2D eigenvalue weighted by molar-refractivity contribution is 6.63. The average Bonchev–Trinajstić information content (AvgIpc) is 2.57. The minimum absolute atomic E-state index is 0.296. The Morgan fingerprint density at radius 1 is 1.25 bits per heavy atom. The Labute approximate surface area is 121 Å². The number of hydrogen-bond acceptors (Lipinski definition) is 5. The zero-order valence-electron chi connectivity index (χ0n) is 13.2. The van der Waals surface area contributed by atoms with Gasteiger partial charge in [-0.05, 0) is 34.1 Å². The summed E-state index contributed by atoms with van der Waals surface area (Å²) in [5.41, 5.74) is 5.99. The lowest BCUT2D eigenvalue weighted by Gasteiger charge is -2.32. The van der Waals surface area contributed by atoms with E-state index in [0.717, 1.165) is 12.2 Å². The van der Waals surface area contributed by atoms with Crippen molar-refractivity contribution in [2.24, 2.45) is 0 Å². The third-order valence-corrected chi connectivity index (χ3v) is 4.43. The van der Waals surface area contributed by atoms with Gasteiger partial charge >= 0.3 is 7.12 Å². The molecule has 1 aromatic heterocycles. The van der Waals surface area contributed by atoms with Crippen LogP contribution in [0.1, 0.15) is 59.7 Å². The summed E-state index contributed by atoms with van der Waals surface area (Å²) in [6, 6.07) is 0. The molecule has 0 spiro atoms. The van der Waals surface area contributed by atoms with Crippen LogP contribution in [0.3, 0.4) is 0 Å². The predicted molar refractivity (Wildman–Crippen MR) is 80.9 cm³/mol. The van der Waals surface area contributed by atoms with Crippen molar-refractivity contribution in [1.29, 1.82) is 0 Å². The van der Waals surface area contributed by atoms with E-state index >= 15 is 0 Å². The van der Waals surface area contributed by atoms with Crippen LogP contribution in [0.15, 0.2) is 6.20 Å². The molecule has 6 heteroatoms. The minimum Gasteiger partial charge on any atom is -0.399 e. The molecule has 0 radical (unpaired) electrons. The topological polar surface area (TPSA) is 70.3 Å². The van der Waals surface area contributed by atoms with Gasteiger partial charge in [0, 0.05) is 17.6 Å². The van der Waals surface area contributed by atoms with Crippen molar-refractivity contribution in [3.63, 3.8) is 0 Å². The van der Waals surface area contributed by atoms with Gasteiger partial charge in [0.1, 0.15) is 11.6 Å². The summed E-state index contributed by atoms with van der Waals surface area (Å²) in [7, 11) is -0.508. The van der Waals surface area contributed by atoms with E-state index in [2.05, 4.69) is 23.8 Å². The van der Waals surface area contributed by atoms with Crippen LogP contribution in [0.25, 0.3) is 0 Å². The highest BCUT2D eigenvalue weighted by atomic mass is 16.7. The Morgan fingerprint density at radius 3 is 2.25 bits per heavy atom. The van der Waals surface area contributed by atoms with Gasteiger partial charge in [0.25, 0.3) is 0 Å². The third kappa shape index (κ3) is 2.54. The molecule has 1 fully saturated rings. The number of nitrogens with two attached hydrogens (primary N) is 1. The third-order valence-electron chi connectivity index (χ3n) is 4.43. The summed E-state index contributed by atoms with van der Waals surface area (Å²) >= 11 is 0. The van der Waals surface area contributed by atoms with Crippen molar-refractivity contribution in [2.75, 3.05) is 5.73 Å². The molecule has 0 bridgehead atoms. The lowest BCUT2D eigenvalue weighted by molar-refractivity contribution is 0.00578. The second-order valence-electron chi connectivity index (χ2n) is 6.47. The SMILES string of the molecule is CCC(C)c1ncc(B2OC(C)(C)C(C)(C)O2)c(N)n1. The molecule has 2 heterocycles. The largest absolute Gasteiger partial charge is 0.500 e. The van der Waals surface area contributed by atoms with Crippen LogP contribution in [-0.2, 0) is 9.31 Å². The molecule has 20 heavy (non-hydrogen) atoms. The molecule has 5 nitrogen and oxygen atoms in total. The number of anilines is 1. The molecule has 0 aromatic carbocycles. The van der Waals surface area contributed by atoms with Crippen LogP contribution in [-0.4, -0.2) is 28.3 Å². The van der Waals surface area contributed by atoms with Gasteiger partial charge in [-0.3, -0.25) is 0 Å². The zero-order valence-corrected chi connectivity index (χ0v) is 13.2. The molecule has 0 saturated carbocycles. The number of aromatic nitrogens is 2. The fourth-order valence-corrected chi connectivity index (χ4v) is 1.99. The number of nitrogens with zero attached hydrogens (tertiary/aromatic N) is 2. The van der Waals surface area contributed by atoms with Crippen molar-refractivity contribution in [2.45, 2.75) is 65.1 Å². The van der Waals surface area contributed by atoms with E-state index in [1.54, 1.807) is 6.20 Å². The number of nitrogen functional groups attached to an aromatic ring is 1. The Hall–Kier alpha value is -1.14. The summed E-state index contributed by atoms with van der Waals surface area (Å²) < 4.78 is 12.0. The fraction of sp³-hybridized carbons (Fsp3) is 0.714. The molecule has 1 atom stereocenters. The Bertz CT molecular complexity index is 489. The predicted octanol–water partition coefficient (Wildman–Crippen LogP) is 1.87. The lowest BCUT2D eigenvalue weighted by Crippen LogP contribution is -2.41. The van der Waals surface area contributed by atoms with E-state index in [4.69, 9.17) is 15.0 Å². The van der Waals surface area contributed by atoms with Gasteiger partial charge in [-0.2, -0.15) is 0 Å². The summed E-state index contributed by atoms with van der Waals surface area (Å²) in [6.45, 7) is 12.2. The first-order valence-electron chi connectivity index (χ1n) is 7.16. The van der Waals surface area contributed by atoms with Crippen molar-refractivity contribution in [3.05, 3.63) is 12.0 Å². The van der Waals surface area contributed by atoms with Crippen LogP contribution >= 0.6 is 0 Å². The van der Waals surface area contributed by atoms with E-state index in [0.29, 0.717) is 17.2 Å². The fourth-order valence-electron chi connectivity index (χ4n) is 1.99. The van der Waals surface area contributed by atoms with Gasteiger partial charge in [0.05, 0.1) is 11.2 Å². The van der Waals surface area contributed by atoms with Gasteiger partial charge in [0.15, 0.2) is 0 Å². The van der Waals surface area contributed by atoms with Crippen LogP contribution in [0.5, 0.6) is 0 Å². The van der Waals surface area contributed by atoms with Crippen molar-refractivity contribution in [3.8, 4) is 0 Å². The van der Waals surface area contributed by atoms with Crippen LogP contribution in [0, 0.1) is 0 Å². The first kappa shape index (κ1) is 15.3. The molecule has 0 aliphatic carbocycles. The molecule has 110 valence electrons. The zero-order chi connectivity index (χ0) is 15.1. The molecule has 0 amide bonds.